The van der Waals surface area contributed by atoms with Gasteiger partial charge in [0.15, 0.2) is 11.6 Å². The highest BCUT2D eigenvalue weighted by Crippen LogP contribution is 2.18. The van der Waals surface area contributed by atoms with Crippen molar-refractivity contribution >= 4 is 11.6 Å². The molecule has 1 aromatic carbocycles. The van der Waals surface area contributed by atoms with Crippen molar-refractivity contribution in [1.82, 2.24) is 4.90 Å². The summed E-state index contributed by atoms with van der Waals surface area (Å²) in [5, 5.41) is 0. The van der Waals surface area contributed by atoms with Gasteiger partial charge in [0.1, 0.15) is 0 Å². The molecular weight excluding hydrogens is 232 g/mol. The Bertz CT molecular complexity index is 366. The Morgan fingerprint density at radius 1 is 1.25 bits per heavy atom. The molecule has 90 valence electrons. The Morgan fingerprint density at radius 2 is 1.88 bits per heavy atom. The molecule has 0 bridgehead atoms. The van der Waals surface area contributed by atoms with Gasteiger partial charge in [0.05, 0.1) is 0 Å². The summed E-state index contributed by atoms with van der Waals surface area (Å²) in [4.78, 5) is 2.01. The van der Waals surface area contributed by atoms with Crippen LogP contribution in [0.2, 0.25) is 0 Å². The molecule has 0 aliphatic carbocycles. The highest BCUT2D eigenvalue weighted by Gasteiger charge is 2.22. The third-order valence-corrected chi connectivity index (χ3v) is 3.42. The summed E-state index contributed by atoms with van der Waals surface area (Å²) in [7, 11) is 1.91. The van der Waals surface area contributed by atoms with Gasteiger partial charge in [0.2, 0.25) is 0 Å². The Labute approximate surface area is 100 Å². The molecule has 0 heterocycles. The molecule has 0 saturated heterocycles. The minimum Gasteiger partial charge on any atom is -0.296 e. The monoisotopic (exact) mass is 247 g/mol. The fraction of sp³-hybridized carbons (Fsp3) is 0.500. The molecule has 16 heavy (non-hydrogen) atoms. The zero-order valence-corrected chi connectivity index (χ0v) is 10.5. The van der Waals surface area contributed by atoms with Gasteiger partial charge in [-0.25, -0.2) is 8.78 Å². The number of hydrogen-bond acceptors (Lipinski definition) is 1. The van der Waals surface area contributed by atoms with Crippen LogP contribution >= 0.6 is 11.6 Å². The average Bonchev–Trinajstić information content (AvgIpc) is 2.23. The van der Waals surface area contributed by atoms with Gasteiger partial charge < -0.3 is 0 Å². The predicted molar refractivity (Wildman–Crippen MR) is 62.6 cm³/mol. The first kappa shape index (κ1) is 13.4. The maximum atomic E-state index is 13.0. The molecule has 0 fully saturated rings. The van der Waals surface area contributed by atoms with Gasteiger partial charge in [-0.1, -0.05) is 6.07 Å². The maximum absolute atomic E-state index is 13.0. The lowest BCUT2D eigenvalue weighted by atomic mass is 10.1. The van der Waals surface area contributed by atoms with E-state index in [0.29, 0.717) is 12.4 Å². The van der Waals surface area contributed by atoms with Crippen molar-refractivity contribution in [1.29, 1.82) is 0 Å². The van der Waals surface area contributed by atoms with Crippen molar-refractivity contribution in [2.45, 2.75) is 25.9 Å². The van der Waals surface area contributed by atoms with Crippen LogP contribution in [0.3, 0.4) is 0 Å². The van der Waals surface area contributed by atoms with Crippen LogP contribution in [0.5, 0.6) is 0 Å². The minimum absolute atomic E-state index is 0.174. The standard InChI is InChI=1S/C12H16ClF2N/c1-12(2,8-13)16(3)7-9-4-5-10(14)11(15)6-9/h4-6H,7-8H2,1-3H3. The zero-order chi connectivity index (χ0) is 12.3. The van der Waals surface area contributed by atoms with E-state index in [1.165, 1.54) is 6.07 Å². The smallest absolute Gasteiger partial charge is 0.159 e. The summed E-state index contributed by atoms with van der Waals surface area (Å²) in [6.45, 7) is 4.54. The highest BCUT2D eigenvalue weighted by molar-refractivity contribution is 6.18. The minimum atomic E-state index is -0.817. The molecule has 0 aliphatic heterocycles. The highest BCUT2D eigenvalue weighted by atomic mass is 35.5. The first-order valence-electron chi connectivity index (χ1n) is 5.08. The number of hydrogen-bond donors (Lipinski definition) is 0. The molecule has 4 heteroatoms. The molecular formula is C12H16ClF2N. The van der Waals surface area contributed by atoms with Gasteiger partial charge in [-0.05, 0) is 38.6 Å². The molecule has 0 aliphatic rings. The van der Waals surface area contributed by atoms with Crippen molar-refractivity contribution in [3.8, 4) is 0 Å². The van der Waals surface area contributed by atoms with Crippen LogP contribution < -0.4 is 0 Å². The van der Waals surface area contributed by atoms with Gasteiger partial charge >= 0.3 is 0 Å². The molecule has 0 atom stereocenters. The average molecular weight is 248 g/mol. The van der Waals surface area contributed by atoms with Crippen LogP contribution in [0.25, 0.3) is 0 Å². The van der Waals surface area contributed by atoms with E-state index in [0.717, 1.165) is 11.6 Å². The Morgan fingerprint density at radius 3 is 2.38 bits per heavy atom. The number of rotatable bonds is 4. The van der Waals surface area contributed by atoms with Crippen molar-refractivity contribution in [3.63, 3.8) is 0 Å². The van der Waals surface area contributed by atoms with Crippen LogP contribution in [-0.2, 0) is 6.54 Å². The lowest BCUT2D eigenvalue weighted by molar-refractivity contribution is 0.170. The number of halogens is 3. The fourth-order valence-corrected chi connectivity index (χ4v) is 1.43. The van der Waals surface area contributed by atoms with Gasteiger partial charge in [0, 0.05) is 18.0 Å². The second kappa shape index (κ2) is 5.11. The summed E-state index contributed by atoms with van der Waals surface area (Å²) >= 11 is 5.84. The van der Waals surface area contributed by atoms with Crippen LogP contribution in [0.15, 0.2) is 18.2 Å². The topological polar surface area (TPSA) is 3.24 Å². The third-order valence-electron chi connectivity index (χ3n) is 2.76. The SMILES string of the molecule is CN(Cc1ccc(F)c(F)c1)C(C)(C)CCl. The molecule has 0 aromatic heterocycles. The summed E-state index contributed by atoms with van der Waals surface area (Å²) in [5.41, 5.74) is 0.562. The summed E-state index contributed by atoms with van der Waals surface area (Å²) in [5.74, 6) is -1.15. The van der Waals surface area contributed by atoms with E-state index in [1.807, 2.05) is 25.8 Å². The molecule has 0 unspecified atom stereocenters. The van der Waals surface area contributed by atoms with Crippen LogP contribution in [0.4, 0.5) is 8.78 Å². The van der Waals surface area contributed by atoms with Crippen LogP contribution in [-0.4, -0.2) is 23.4 Å². The van der Waals surface area contributed by atoms with Crippen molar-refractivity contribution < 1.29 is 8.78 Å². The first-order valence-corrected chi connectivity index (χ1v) is 5.61. The van der Waals surface area contributed by atoms with E-state index >= 15 is 0 Å². The number of benzene rings is 1. The maximum Gasteiger partial charge on any atom is 0.159 e. The van der Waals surface area contributed by atoms with Gasteiger partial charge in [-0.15, -0.1) is 11.6 Å². The van der Waals surface area contributed by atoms with E-state index in [9.17, 15) is 8.78 Å². The van der Waals surface area contributed by atoms with Crippen LogP contribution in [0, 0.1) is 11.6 Å². The number of alkyl halides is 1. The van der Waals surface area contributed by atoms with Gasteiger partial charge in [0.25, 0.3) is 0 Å². The fourth-order valence-electron chi connectivity index (χ4n) is 1.23. The Hall–Kier alpha value is -0.670. The third kappa shape index (κ3) is 3.16. The van der Waals surface area contributed by atoms with E-state index in [1.54, 1.807) is 6.07 Å². The van der Waals surface area contributed by atoms with E-state index in [-0.39, 0.29) is 5.54 Å². The molecule has 0 N–H and O–H groups in total. The zero-order valence-electron chi connectivity index (χ0n) is 9.73. The molecule has 0 saturated carbocycles. The quantitative estimate of drug-likeness (QED) is 0.737. The summed E-state index contributed by atoms with van der Waals surface area (Å²) in [6.07, 6.45) is 0. The van der Waals surface area contributed by atoms with Gasteiger partial charge in [-0.3, -0.25) is 4.90 Å². The summed E-state index contributed by atoms with van der Waals surface area (Å²) < 4.78 is 25.7. The lowest BCUT2D eigenvalue weighted by Gasteiger charge is -2.33. The molecule has 0 amide bonds. The largest absolute Gasteiger partial charge is 0.296 e. The Kier molecular flexibility index (Phi) is 4.28. The van der Waals surface area contributed by atoms with Crippen molar-refractivity contribution in [2.75, 3.05) is 12.9 Å². The van der Waals surface area contributed by atoms with Crippen molar-refractivity contribution in [3.05, 3.63) is 35.4 Å². The lowest BCUT2D eigenvalue weighted by Crippen LogP contribution is -2.42. The van der Waals surface area contributed by atoms with Crippen molar-refractivity contribution in [2.24, 2.45) is 0 Å². The molecule has 1 nitrogen and oxygen atoms in total. The second-order valence-electron chi connectivity index (χ2n) is 4.55. The normalized spacial score (nSPS) is 12.2. The summed E-state index contributed by atoms with van der Waals surface area (Å²) in [6, 6.07) is 3.95. The first-order chi connectivity index (χ1) is 7.36. The molecule has 1 rings (SSSR count). The second-order valence-corrected chi connectivity index (χ2v) is 4.82. The molecule has 1 aromatic rings. The predicted octanol–water partition coefficient (Wildman–Crippen LogP) is 3.41. The Balaban J connectivity index is 2.77. The van der Waals surface area contributed by atoms with E-state index < -0.39 is 11.6 Å². The van der Waals surface area contributed by atoms with E-state index in [4.69, 9.17) is 11.6 Å². The molecule has 0 radical (unpaired) electrons. The van der Waals surface area contributed by atoms with E-state index in [2.05, 4.69) is 0 Å². The molecule has 0 spiro atoms. The van der Waals surface area contributed by atoms with Gasteiger partial charge in [-0.2, -0.15) is 0 Å². The number of nitrogens with zero attached hydrogens (tertiary/aromatic N) is 1. The van der Waals surface area contributed by atoms with Crippen LogP contribution in [0.1, 0.15) is 19.4 Å².